The number of nitrogens with zero attached hydrogens (tertiary/aromatic N) is 2. The van der Waals surface area contributed by atoms with Gasteiger partial charge in [0.05, 0.1) is 22.9 Å². The number of hydrogen-bond acceptors (Lipinski definition) is 3. The highest BCUT2D eigenvalue weighted by molar-refractivity contribution is 6.33. The number of nitrogens with one attached hydrogen (secondary N) is 1. The van der Waals surface area contributed by atoms with Crippen molar-refractivity contribution in [3.05, 3.63) is 53.1 Å². The number of benzene rings is 1. The molecular weight excluding hydrogens is 248 g/mol. The molecule has 0 saturated carbocycles. The first-order valence-corrected chi connectivity index (χ1v) is 5.18. The number of halogens is 3. The molecule has 0 fully saturated rings. The van der Waals surface area contributed by atoms with Crippen molar-refractivity contribution < 1.29 is 8.78 Å². The Morgan fingerprint density at radius 1 is 1.29 bits per heavy atom. The zero-order valence-electron chi connectivity index (χ0n) is 8.62. The fourth-order valence-electron chi connectivity index (χ4n) is 1.31. The molecule has 0 radical (unpaired) electrons. The van der Waals surface area contributed by atoms with E-state index in [2.05, 4.69) is 15.3 Å². The first-order valence-electron chi connectivity index (χ1n) is 4.80. The zero-order valence-corrected chi connectivity index (χ0v) is 9.38. The molecule has 1 aromatic carbocycles. The highest BCUT2D eigenvalue weighted by atomic mass is 35.5. The van der Waals surface area contributed by atoms with Gasteiger partial charge in [0.2, 0.25) is 0 Å². The van der Waals surface area contributed by atoms with Crippen LogP contribution in [-0.4, -0.2) is 9.97 Å². The van der Waals surface area contributed by atoms with Gasteiger partial charge in [0.25, 0.3) is 0 Å². The van der Waals surface area contributed by atoms with E-state index in [0.29, 0.717) is 5.69 Å². The van der Waals surface area contributed by atoms with E-state index in [1.54, 1.807) is 12.3 Å². The molecule has 3 nitrogen and oxygen atoms in total. The van der Waals surface area contributed by atoms with Crippen LogP contribution >= 0.6 is 11.6 Å². The molecule has 0 saturated heterocycles. The maximum Gasteiger partial charge on any atom is 0.150 e. The summed E-state index contributed by atoms with van der Waals surface area (Å²) in [7, 11) is 0. The Morgan fingerprint density at radius 3 is 2.76 bits per heavy atom. The van der Waals surface area contributed by atoms with Crippen LogP contribution in [0.5, 0.6) is 0 Å². The molecule has 88 valence electrons. The van der Waals surface area contributed by atoms with Gasteiger partial charge in [-0.05, 0) is 12.1 Å². The molecule has 6 heteroatoms. The molecule has 0 amide bonds. The summed E-state index contributed by atoms with van der Waals surface area (Å²) >= 11 is 5.73. The molecule has 2 rings (SSSR count). The minimum atomic E-state index is -0.732. The Bertz CT molecular complexity index is 496. The molecule has 0 aliphatic heterocycles. The lowest BCUT2D eigenvalue weighted by molar-refractivity contribution is 0.585. The molecule has 1 heterocycles. The minimum Gasteiger partial charge on any atom is -0.376 e. The summed E-state index contributed by atoms with van der Waals surface area (Å²) in [6.07, 6.45) is 2.96. The fraction of sp³-hybridized carbons (Fsp3) is 0.0909. The van der Waals surface area contributed by atoms with E-state index in [0.717, 1.165) is 12.1 Å². The topological polar surface area (TPSA) is 37.8 Å². The van der Waals surface area contributed by atoms with Crippen LogP contribution in [0.3, 0.4) is 0 Å². The summed E-state index contributed by atoms with van der Waals surface area (Å²) in [5, 5.41) is 2.76. The Morgan fingerprint density at radius 2 is 2.12 bits per heavy atom. The van der Waals surface area contributed by atoms with Crippen molar-refractivity contribution in [2.75, 3.05) is 5.32 Å². The molecule has 0 bridgehead atoms. The molecule has 0 spiro atoms. The first kappa shape index (κ1) is 11.7. The first-order chi connectivity index (χ1) is 8.16. The Balaban J connectivity index is 2.15. The van der Waals surface area contributed by atoms with Crippen molar-refractivity contribution in [2.24, 2.45) is 0 Å². The van der Waals surface area contributed by atoms with Gasteiger partial charge in [0.15, 0.2) is 5.82 Å². The van der Waals surface area contributed by atoms with E-state index < -0.39 is 11.6 Å². The van der Waals surface area contributed by atoms with Gasteiger partial charge < -0.3 is 5.32 Å². The number of hydrogen-bond donors (Lipinski definition) is 1. The smallest absolute Gasteiger partial charge is 0.150 e. The lowest BCUT2D eigenvalue weighted by Gasteiger charge is -2.09. The van der Waals surface area contributed by atoms with Crippen LogP contribution in [0.15, 0.2) is 30.7 Å². The largest absolute Gasteiger partial charge is 0.376 e. The second-order valence-corrected chi connectivity index (χ2v) is 3.71. The van der Waals surface area contributed by atoms with Crippen molar-refractivity contribution in [3.63, 3.8) is 0 Å². The second-order valence-electron chi connectivity index (χ2n) is 3.30. The van der Waals surface area contributed by atoms with Crippen LogP contribution in [0, 0.1) is 11.6 Å². The maximum atomic E-state index is 13.4. The van der Waals surface area contributed by atoms with Gasteiger partial charge in [-0.2, -0.15) is 0 Å². The summed E-state index contributed by atoms with van der Waals surface area (Å²) in [6.45, 7) is 0.283. The lowest BCUT2D eigenvalue weighted by atomic mass is 10.3. The third-order valence-corrected chi connectivity index (χ3v) is 2.39. The van der Waals surface area contributed by atoms with Gasteiger partial charge in [-0.3, -0.25) is 0 Å². The number of anilines is 1. The van der Waals surface area contributed by atoms with Crippen LogP contribution in [0.4, 0.5) is 14.5 Å². The molecule has 1 aromatic heterocycles. The Labute approximate surface area is 101 Å². The third-order valence-electron chi connectivity index (χ3n) is 2.10. The van der Waals surface area contributed by atoms with Crippen LogP contribution < -0.4 is 5.32 Å². The van der Waals surface area contributed by atoms with E-state index in [1.807, 2.05) is 0 Å². The lowest BCUT2D eigenvalue weighted by Crippen LogP contribution is -2.04. The van der Waals surface area contributed by atoms with E-state index in [-0.39, 0.29) is 17.3 Å². The van der Waals surface area contributed by atoms with E-state index in [9.17, 15) is 8.78 Å². The molecule has 2 aromatic rings. The van der Waals surface area contributed by atoms with Crippen molar-refractivity contribution in [1.29, 1.82) is 0 Å². The van der Waals surface area contributed by atoms with Crippen LogP contribution in [0.1, 0.15) is 5.69 Å². The maximum absolute atomic E-state index is 13.4. The van der Waals surface area contributed by atoms with Crippen LogP contribution in [0.2, 0.25) is 5.02 Å². The van der Waals surface area contributed by atoms with Gasteiger partial charge >= 0.3 is 0 Å². The number of aromatic nitrogens is 2. The average Bonchev–Trinajstić information content (AvgIpc) is 2.29. The monoisotopic (exact) mass is 255 g/mol. The SMILES string of the molecule is Fc1cc(F)c(NCc2ccncn2)c(Cl)c1. The molecular formula is C11H8ClF2N3. The van der Waals surface area contributed by atoms with Crippen molar-refractivity contribution in [2.45, 2.75) is 6.54 Å². The van der Waals surface area contributed by atoms with Gasteiger partial charge in [-0.1, -0.05) is 11.6 Å². The third kappa shape index (κ3) is 2.88. The summed E-state index contributed by atoms with van der Waals surface area (Å²) < 4.78 is 26.2. The van der Waals surface area contributed by atoms with Gasteiger partial charge in [-0.15, -0.1) is 0 Å². The average molecular weight is 256 g/mol. The quantitative estimate of drug-likeness (QED) is 0.916. The summed E-state index contributed by atoms with van der Waals surface area (Å²) in [5.41, 5.74) is 0.742. The van der Waals surface area contributed by atoms with Gasteiger partial charge in [-0.25, -0.2) is 18.7 Å². The van der Waals surface area contributed by atoms with E-state index in [1.165, 1.54) is 6.33 Å². The summed E-state index contributed by atoms with van der Waals surface area (Å²) in [4.78, 5) is 7.72. The summed E-state index contributed by atoms with van der Waals surface area (Å²) in [5.74, 6) is -1.44. The normalized spacial score (nSPS) is 10.3. The minimum absolute atomic E-state index is 0.00319. The van der Waals surface area contributed by atoms with Crippen molar-refractivity contribution in [3.8, 4) is 0 Å². The van der Waals surface area contributed by atoms with E-state index in [4.69, 9.17) is 11.6 Å². The van der Waals surface area contributed by atoms with Crippen LogP contribution in [0.25, 0.3) is 0 Å². The molecule has 17 heavy (non-hydrogen) atoms. The van der Waals surface area contributed by atoms with Gasteiger partial charge in [0, 0.05) is 12.3 Å². The molecule has 0 atom stereocenters. The molecule has 0 aliphatic rings. The second kappa shape index (κ2) is 5.05. The fourth-order valence-corrected chi connectivity index (χ4v) is 1.57. The Hall–Kier alpha value is -1.75. The summed E-state index contributed by atoms with van der Waals surface area (Å²) in [6, 6.07) is 3.50. The highest BCUT2D eigenvalue weighted by Gasteiger charge is 2.09. The Kier molecular flexibility index (Phi) is 3.49. The molecule has 0 aliphatic carbocycles. The predicted molar refractivity (Wildman–Crippen MR) is 60.7 cm³/mol. The van der Waals surface area contributed by atoms with Crippen molar-refractivity contribution >= 4 is 17.3 Å². The van der Waals surface area contributed by atoms with E-state index >= 15 is 0 Å². The molecule has 1 N–H and O–H groups in total. The highest BCUT2D eigenvalue weighted by Crippen LogP contribution is 2.26. The molecule has 0 unspecified atom stereocenters. The standard InChI is InChI=1S/C11H8ClF2N3/c12-9-3-7(13)4-10(14)11(9)16-5-8-1-2-15-6-17-8/h1-4,6,16H,5H2. The van der Waals surface area contributed by atoms with Gasteiger partial charge in [0.1, 0.15) is 12.1 Å². The van der Waals surface area contributed by atoms with Crippen LogP contribution in [-0.2, 0) is 6.54 Å². The number of rotatable bonds is 3. The predicted octanol–water partition coefficient (Wildman–Crippen LogP) is 3.02. The van der Waals surface area contributed by atoms with Crippen molar-refractivity contribution in [1.82, 2.24) is 9.97 Å². The zero-order chi connectivity index (χ0) is 12.3.